The Balaban J connectivity index is -0.000000115. The molecular formula is C10H27NO. The van der Waals surface area contributed by atoms with Gasteiger partial charge in [0.25, 0.3) is 0 Å². The molecule has 0 spiro atoms. The van der Waals surface area contributed by atoms with Crippen molar-refractivity contribution in [3.05, 3.63) is 0 Å². The molecule has 0 saturated carbocycles. The molecule has 2 N–H and O–H groups in total. The van der Waals surface area contributed by atoms with Crippen LogP contribution < -0.4 is 5.32 Å². The zero-order valence-electron chi connectivity index (χ0n) is 9.48. The molecule has 0 heterocycles. The molecule has 0 aromatic carbocycles. The lowest BCUT2D eigenvalue weighted by molar-refractivity contribution is 0.318. The number of hydrogen-bond donors (Lipinski definition) is 2. The fraction of sp³-hybridized carbons (Fsp3) is 1.00. The Bertz CT molecular complexity index is 34.8. The smallest absolute Gasteiger partial charge is 0.0402 e. The standard InChI is InChI=1S/C6H14.C2H7N.C2H6O/c1-3-5-6-4-2;1-3-2;1-2-3/h3-6H2,1-2H3;3H,1-2H3;3H,2H2,1H3. The largest absolute Gasteiger partial charge is 0.397 e. The highest BCUT2D eigenvalue weighted by Gasteiger charge is 1.75. The van der Waals surface area contributed by atoms with Crippen LogP contribution in [0.1, 0.15) is 46.5 Å². The highest BCUT2D eigenvalue weighted by atomic mass is 16.2. The third kappa shape index (κ3) is 92.6. The van der Waals surface area contributed by atoms with Gasteiger partial charge in [-0.1, -0.05) is 39.5 Å². The lowest BCUT2D eigenvalue weighted by Crippen LogP contribution is -1.89. The molecule has 78 valence electrons. The number of nitrogens with one attached hydrogen (secondary N) is 1. The molecule has 0 rings (SSSR count). The quantitative estimate of drug-likeness (QED) is 0.649. The van der Waals surface area contributed by atoms with E-state index < -0.39 is 0 Å². The molecule has 0 fully saturated rings. The maximum absolute atomic E-state index is 7.57. The second kappa shape index (κ2) is 30.7. The second-order valence-corrected chi connectivity index (χ2v) is 2.52. The molecule has 0 unspecified atom stereocenters. The number of aliphatic hydroxyl groups is 1. The summed E-state index contributed by atoms with van der Waals surface area (Å²) in [6.07, 6.45) is 5.54. The van der Waals surface area contributed by atoms with E-state index in [0.717, 1.165) is 0 Å². The summed E-state index contributed by atoms with van der Waals surface area (Å²) >= 11 is 0. The van der Waals surface area contributed by atoms with Gasteiger partial charge in [0.1, 0.15) is 0 Å². The van der Waals surface area contributed by atoms with E-state index in [2.05, 4.69) is 19.2 Å². The van der Waals surface area contributed by atoms with Crippen molar-refractivity contribution in [1.29, 1.82) is 0 Å². The maximum atomic E-state index is 7.57. The SMILES string of the molecule is CCCCCC.CCO.CNC. The van der Waals surface area contributed by atoms with Gasteiger partial charge in [0.15, 0.2) is 0 Å². The molecule has 0 radical (unpaired) electrons. The van der Waals surface area contributed by atoms with Gasteiger partial charge in [-0.3, -0.25) is 0 Å². The predicted molar refractivity (Wildman–Crippen MR) is 57.6 cm³/mol. The summed E-state index contributed by atoms with van der Waals surface area (Å²) in [5.41, 5.74) is 0. The summed E-state index contributed by atoms with van der Waals surface area (Å²) in [6, 6.07) is 0. The van der Waals surface area contributed by atoms with Crippen molar-refractivity contribution in [2.24, 2.45) is 0 Å². The van der Waals surface area contributed by atoms with Gasteiger partial charge in [-0.05, 0) is 21.0 Å². The zero-order valence-corrected chi connectivity index (χ0v) is 9.48. The number of hydrogen-bond acceptors (Lipinski definition) is 2. The fourth-order valence-corrected chi connectivity index (χ4v) is 0.500. The first kappa shape index (κ1) is 17.9. The summed E-state index contributed by atoms with van der Waals surface area (Å²) in [5.74, 6) is 0. The van der Waals surface area contributed by atoms with Crippen molar-refractivity contribution in [3.63, 3.8) is 0 Å². The van der Waals surface area contributed by atoms with E-state index in [1.54, 1.807) is 6.92 Å². The van der Waals surface area contributed by atoms with Gasteiger partial charge in [-0.2, -0.15) is 0 Å². The first-order chi connectivity index (χ1) is 5.74. The van der Waals surface area contributed by atoms with Crippen LogP contribution in [0.2, 0.25) is 0 Å². The molecule has 2 nitrogen and oxygen atoms in total. The van der Waals surface area contributed by atoms with Crippen LogP contribution in [0.4, 0.5) is 0 Å². The first-order valence-electron chi connectivity index (χ1n) is 4.94. The van der Waals surface area contributed by atoms with E-state index in [1.165, 1.54) is 25.7 Å². The zero-order chi connectivity index (χ0) is 10.2. The second-order valence-electron chi connectivity index (χ2n) is 2.52. The molecule has 0 aliphatic heterocycles. The molecule has 0 bridgehead atoms. The van der Waals surface area contributed by atoms with Crippen molar-refractivity contribution >= 4 is 0 Å². The van der Waals surface area contributed by atoms with Crippen LogP contribution >= 0.6 is 0 Å². The van der Waals surface area contributed by atoms with E-state index in [1.807, 2.05) is 14.1 Å². The van der Waals surface area contributed by atoms with Crippen molar-refractivity contribution in [2.45, 2.75) is 46.5 Å². The molecule has 0 aromatic rings. The molecule has 0 aliphatic rings. The Labute approximate surface area is 78.4 Å². The van der Waals surface area contributed by atoms with Crippen LogP contribution in [-0.2, 0) is 0 Å². The Morgan fingerprint density at radius 1 is 0.917 bits per heavy atom. The van der Waals surface area contributed by atoms with Crippen molar-refractivity contribution in [2.75, 3.05) is 20.7 Å². The lowest BCUT2D eigenvalue weighted by Gasteiger charge is -1.86. The van der Waals surface area contributed by atoms with Crippen LogP contribution in [0.5, 0.6) is 0 Å². The average molecular weight is 177 g/mol. The van der Waals surface area contributed by atoms with Crippen molar-refractivity contribution in [3.8, 4) is 0 Å². The molecule has 2 heteroatoms. The third-order valence-corrected chi connectivity index (χ3v) is 0.957. The minimum atomic E-state index is 0.250. The van der Waals surface area contributed by atoms with Gasteiger partial charge in [0.2, 0.25) is 0 Å². The molecular weight excluding hydrogens is 150 g/mol. The Morgan fingerprint density at radius 2 is 1.08 bits per heavy atom. The minimum Gasteiger partial charge on any atom is -0.397 e. The Morgan fingerprint density at radius 3 is 1.17 bits per heavy atom. The molecule has 12 heavy (non-hydrogen) atoms. The third-order valence-electron chi connectivity index (χ3n) is 0.957. The van der Waals surface area contributed by atoms with Crippen molar-refractivity contribution < 1.29 is 5.11 Å². The fourth-order valence-electron chi connectivity index (χ4n) is 0.500. The van der Waals surface area contributed by atoms with E-state index >= 15 is 0 Å². The van der Waals surface area contributed by atoms with E-state index in [0.29, 0.717) is 0 Å². The average Bonchev–Trinajstić information content (AvgIpc) is 2.04. The van der Waals surface area contributed by atoms with Crippen LogP contribution in [0.15, 0.2) is 0 Å². The number of unbranched alkanes of at least 4 members (excludes halogenated alkanes) is 3. The van der Waals surface area contributed by atoms with Gasteiger partial charge >= 0.3 is 0 Å². The normalized spacial score (nSPS) is 7.50. The highest BCUT2D eigenvalue weighted by molar-refractivity contribution is 4.31. The van der Waals surface area contributed by atoms with Gasteiger partial charge in [-0.25, -0.2) is 0 Å². The minimum absolute atomic E-state index is 0.250. The monoisotopic (exact) mass is 177 g/mol. The van der Waals surface area contributed by atoms with Crippen LogP contribution in [0.25, 0.3) is 0 Å². The van der Waals surface area contributed by atoms with Crippen molar-refractivity contribution in [1.82, 2.24) is 5.32 Å². The lowest BCUT2D eigenvalue weighted by atomic mass is 10.2. The summed E-state index contributed by atoms with van der Waals surface area (Å²) in [6.45, 7) is 6.39. The molecule has 0 atom stereocenters. The summed E-state index contributed by atoms with van der Waals surface area (Å²) in [5, 5.41) is 10.3. The van der Waals surface area contributed by atoms with E-state index in [4.69, 9.17) is 5.11 Å². The predicted octanol–water partition coefficient (Wildman–Crippen LogP) is 2.42. The van der Waals surface area contributed by atoms with Gasteiger partial charge in [-0.15, -0.1) is 0 Å². The Kier molecular flexibility index (Phi) is 45.6. The molecule has 0 aliphatic carbocycles. The Hall–Kier alpha value is -0.0800. The van der Waals surface area contributed by atoms with E-state index in [9.17, 15) is 0 Å². The molecule has 0 aromatic heterocycles. The van der Waals surface area contributed by atoms with Gasteiger partial charge < -0.3 is 10.4 Å². The summed E-state index contributed by atoms with van der Waals surface area (Å²) < 4.78 is 0. The van der Waals surface area contributed by atoms with Gasteiger partial charge in [0, 0.05) is 6.61 Å². The summed E-state index contributed by atoms with van der Waals surface area (Å²) in [7, 11) is 3.75. The van der Waals surface area contributed by atoms with Crippen LogP contribution in [0.3, 0.4) is 0 Å². The first-order valence-corrected chi connectivity index (χ1v) is 4.94. The van der Waals surface area contributed by atoms with Crippen LogP contribution in [-0.4, -0.2) is 25.8 Å². The van der Waals surface area contributed by atoms with Crippen LogP contribution in [0, 0.1) is 0 Å². The summed E-state index contributed by atoms with van der Waals surface area (Å²) in [4.78, 5) is 0. The molecule has 0 saturated heterocycles. The number of aliphatic hydroxyl groups excluding tert-OH is 1. The van der Waals surface area contributed by atoms with E-state index in [-0.39, 0.29) is 6.61 Å². The topological polar surface area (TPSA) is 32.3 Å². The molecule has 0 amide bonds. The maximum Gasteiger partial charge on any atom is 0.0402 e. The highest BCUT2D eigenvalue weighted by Crippen LogP contribution is 1.95. The number of rotatable bonds is 3. The van der Waals surface area contributed by atoms with Gasteiger partial charge in [0.05, 0.1) is 0 Å².